The monoisotopic (exact) mass is 290 g/mol. The first kappa shape index (κ1) is 17.0. The lowest BCUT2D eigenvalue weighted by Gasteiger charge is -2.07. The van der Waals surface area contributed by atoms with Crippen LogP contribution in [0.5, 0.6) is 0 Å². The number of aliphatic carboxylic acids is 2. The van der Waals surface area contributed by atoms with Gasteiger partial charge in [-0.05, 0) is 30.4 Å². The van der Waals surface area contributed by atoms with Crippen LogP contribution in [0.4, 0.5) is 0 Å². The van der Waals surface area contributed by atoms with Crippen LogP contribution in [0.1, 0.15) is 43.2 Å². The van der Waals surface area contributed by atoms with Crippen molar-refractivity contribution in [3.63, 3.8) is 0 Å². The third-order valence-electron chi connectivity index (χ3n) is 3.52. The molecule has 0 amide bonds. The van der Waals surface area contributed by atoms with Gasteiger partial charge in [-0.15, -0.1) is 0 Å². The van der Waals surface area contributed by atoms with Crippen molar-refractivity contribution in [3.8, 4) is 0 Å². The molecule has 114 valence electrons. The van der Waals surface area contributed by atoms with Gasteiger partial charge < -0.3 is 10.2 Å². The molecular weight excluding hydrogens is 268 g/mol. The predicted molar refractivity (Wildman–Crippen MR) is 82.1 cm³/mol. The molecule has 4 heteroatoms. The van der Waals surface area contributed by atoms with Crippen LogP contribution in [0.15, 0.2) is 30.8 Å². The number of unbranched alkanes of at least 4 members (excludes halogenated alkanes) is 3. The molecule has 0 aromatic heterocycles. The van der Waals surface area contributed by atoms with Crippen molar-refractivity contribution in [1.82, 2.24) is 0 Å². The number of benzene rings is 1. The molecule has 1 aromatic rings. The second-order valence-corrected chi connectivity index (χ2v) is 5.13. The fourth-order valence-electron chi connectivity index (χ4n) is 2.20. The Morgan fingerprint density at radius 1 is 1.00 bits per heavy atom. The van der Waals surface area contributed by atoms with Gasteiger partial charge in [-0.1, -0.05) is 56.2 Å². The fourth-order valence-corrected chi connectivity index (χ4v) is 2.20. The van der Waals surface area contributed by atoms with Gasteiger partial charge in [0.25, 0.3) is 0 Å². The summed E-state index contributed by atoms with van der Waals surface area (Å²) in [6.45, 7) is 3.71. The van der Waals surface area contributed by atoms with Crippen LogP contribution < -0.4 is 0 Å². The molecule has 2 N–H and O–H groups in total. The van der Waals surface area contributed by atoms with E-state index in [0.29, 0.717) is 6.42 Å². The Balaban J connectivity index is 2.18. The lowest BCUT2D eigenvalue weighted by atomic mass is 9.99. The fraction of sp³-hybridized carbons (Fsp3) is 0.412. The molecular formula is C17H22O4. The molecule has 0 spiro atoms. The van der Waals surface area contributed by atoms with Crippen LogP contribution in [-0.4, -0.2) is 22.2 Å². The summed E-state index contributed by atoms with van der Waals surface area (Å²) in [6.07, 6.45) is 6.51. The average Bonchev–Trinajstić information content (AvgIpc) is 2.46. The number of rotatable bonds is 10. The molecule has 0 saturated carbocycles. The summed E-state index contributed by atoms with van der Waals surface area (Å²) in [5.41, 5.74) is 2.38. The molecule has 0 saturated heterocycles. The minimum absolute atomic E-state index is 0.207. The third-order valence-corrected chi connectivity index (χ3v) is 3.52. The van der Waals surface area contributed by atoms with Crippen LogP contribution in [-0.2, 0) is 16.0 Å². The quantitative estimate of drug-likeness (QED) is 0.510. The molecule has 0 aliphatic rings. The largest absolute Gasteiger partial charge is 0.481 e. The summed E-state index contributed by atoms with van der Waals surface area (Å²) in [7, 11) is 0. The zero-order chi connectivity index (χ0) is 15.7. The SMILES string of the molecule is C=Cc1ccc(CCCCCCC(C(=O)O)C(=O)O)cc1. The summed E-state index contributed by atoms with van der Waals surface area (Å²) >= 11 is 0. The predicted octanol–water partition coefficient (Wildman–Crippen LogP) is 3.61. The molecule has 0 atom stereocenters. The van der Waals surface area contributed by atoms with Crippen LogP contribution >= 0.6 is 0 Å². The molecule has 1 aromatic carbocycles. The lowest BCUT2D eigenvalue weighted by molar-refractivity contribution is -0.154. The second kappa shape index (κ2) is 8.95. The first-order valence-corrected chi connectivity index (χ1v) is 7.21. The summed E-state index contributed by atoms with van der Waals surface area (Å²) in [4.78, 5) is 21.4. The van der Waals surface area contributed by atoms with E-state index in [2.05, 4.69) is 18.7 Å². The van der Waals surface area contributed by atoms with Gasteiger partial charge in [0.2, 0.25) is 0 Å². The van der Waals surface area contributed by atoms with E-state index in [1.165, 1.54) is 5.56 Å². The highest BCUT2D eigenvalue weighted by molar-refractivity contribution is 5.92. The van der Waals surface area contributed by atoms with E-state index in [-0.39, 0.29) is 6.42 Å². The van der Waals surface area contributed by atoms with Crippen molar-refractivity contribution in [1.29, 1.82) is 0 Å². The maximum atomic E-state index is 10.7. The summed E-state index contributed by atoms with van der Waals surface area (Å²) < 4.78 is 0. The smallest absolute Gasteiger partial charge is 0.317 e. The highest BCUT2D eigenvalue weighted by Gasteiger charge is 2.24. The van der Waals surface area contributed by atoms with Crippen molar-refractivity contribution >= 4 is 18.0 Å². The number of hydrogen-bond donors (Lipinski definition) is 2. The normalized spacial score (nSPS) is 10.5. The van der Waals surface area contributed by atoms with E-state index in [9.17, 15) is 9.59 Å². The molecule has 0 heterocycles. The van der Waals surface area contributed by atoms with Gasteiger partial charge in [0.15, 0.2) is 5.92 Å². The number of carboxylic acids is 2. The lowest BCUT2D eigenvalue weighted by Crippen LogP contribution is -2.23. The minimum atomic E-state index is -1.27. The molecule has 0 bridgehead atoms. The Kier molecular flexibility index (Phi) is 7.23. The Hall–Kier alpha value is -2.10. The zero-order valence-electron chi connectivity index (χ0n) is 12.1. The number of carbonyl (C=O) groups is 2. The van der Waals surface area contributed by atoms with Gasteiger partial charge in [0.1, 0.15) is 0 Å². The molecule has 4 nitrogen and oxygen atoms in total. The summed E-state index contributed by atoms with van der Waals surface area (Å²) in [5.74, 6) is -3.76. The van der Waals surface area contributed by atoms with Crippen LogP contribution in [0, 0.1) is 5.92 Å². The number of aryl methyl sites for hydroxylation is 1. The van der Waals surface area contributed by atoms with Crippen molar-refractivity contribution < 1.29 is 19.8 Å². The highest BCUT2D eigenvalue weighted by Crippen LogP contribution is 2.14. The molecule has 0 aliphatic carbocycles. The van der Waals surface area contributed by atoms with Crippen LogP contribution in [0.3, 0.4) is 0 Å². The molecule has 21 heavy (non-hydrogen) atoms. The zero-order valence-corrected chi connectivity index (χ0v) is 12.1. The molecule has 0 aliphatic heterocycles. The average molecular weight is 290 g/mol. The maximum absolute atomic E-state index is 10.7. The van der Waals surface area contributed by atoms with Crippen molar-refractivity contribution in [2.75, 3.05) is 0 Å². The Morgan fingerprint density at radius 3 is 2.10 bits per heavy atom. The van der Waals surface area contributed by atoms with E-state index in [4.69, 9.17) is 10.2 Å². The van der Waals surface area contributed by atoms with Gasteiger partial charge in [0.05, 0.1) is 0 Å². The first-order chi connectivity index (χ1) is 10.0. The second-order valence-electron chi connectivity index (χ2n) is 5.13. The Labute approximate surface area is 125 Å². The van der Waals surface area contributed by atoms with Crippen molar-refractivity contribution in [2.24, 2.45) is 5.92 Å². The summed E-state index contributed by atoms with van der Waals surface area (Å²) in [5, 5.41) is 17.5. The highest BCUT2D eigenvalue weighted by atomic mass is 16.4. The van der Waals surface area contributed by atoms with Gasteiger partial charge in [-0.25, -0.2) is 0 Å². The topological polar surface area (TPSA) is 74.6 Å². The molecule has 0 radical (unpaired) electrons. The Bertz CT molecular complexity index is 462. The number of hydrogen-bond acceptors (Lipinski definition) is 2. The van der Waals surface area contributed by atoms with Gasteiger partial charge in [-0.2, -0.15) is 0 Å². The third kappa shape index (κ3) is 6.25. The van der Waals surface area contributed by atoms with E-state index < -0.39 is 17.9 Å². The van der Waals surface area contributed by atoms with E-state index >= 15 is 0 Å². The first-order valence-electron chi connectivity index (χ1n) is 7.21. The van der Waals surface area contributed by atoms with Crippen LogP contribution in [0.2, 0.25) is 0 Å². The number of carboxylic acid groups (broad SMARTS) is 2. The van der Waals surface area contributed by atoms with Crippen molar-refractivity contribution in [2.45, 2.75) is 38.5 Å². The standard InChI is InChI=1S/C17H22O4/c1-2-13-9-11-14(12-10-13)7-5-3-4-6-8-15(16(18)19)17(20)21/h2,9-12,15H,1,3-8H2,(H,18,19)(H,20,21). The van der Waals surface area contributed by atoms with Gasteiger partial charge in [-0.3, -0.25) is 9.59 Å². The van der Waals surface area contributed by atoms with Crippen molar-refractivity contribution in [3.05, 3.63) is 42.0 Å². The molecule has 0 unspecified atom stereocenters. The van der Waals surface area contributed by atoms with E-state index in [0.717, 1.165) is 31.2 Å². The van der Waals surface area contributed by atoms with Gasteiger partial charge in [0, 0.05) is 0 Å². The molecule has 0 fully saturated rings. The van der Waals surface area contributed by atoms with E-state index in [1.807, 2.05) is 18.2 Å². The maximum Gasteiger partial charge on any atom is 0.317 e. The minimum Gasteiger partial charge on any atom is -0.481 e. The van der Waals surface area contributed by atoms with Gasteiger partial charge >= 0.3 is 11.9 Å². The molecule has 1 rings (SSSR count). The van der Waals surface area contributed by atoms with Crippen LogP contribution in [0.25, 0.3) is 6.08 Å². The summed E-state index contributed by atoms with van der Waals surface area (Å²) in [6, 6.07) is 8.24. The van der Waals surface area contributed by atoms with E-state index in [1.54, 1.807) is 0 Å². The Morgan fingerprint density at radius 2 is 1.57 bits per heavy atom.